The molecule has 1 amide bonds. The van der Waals surface area contributed by atoms with Crippen LogP contribution >= 0.6 is 0 Å². The Hall–Kier alpha value is -2.43. The maximum absolute atomic E-state index is 13.4. The highest BCUT2D eigenvalue weighted by atomic mass is 19.2. The van der Waals surface area contributed by atoms with Gasteiger partial charge in [0.05, 0.1) is 6.42 Å². The number of nitrogens with one attached hydrogen (secondary N) is 1. The molecule has 2 aromatic rings. The van der Waals surface area contributed by atoms with Crippen LogP contribution in [0.15, 0.2) is 42.5 Å². The predicted molar refractivity (Wildman–Crippen MR) is 72.8 cm³/mol. The van der Waals surface area contributed by atoms with E-state index in [9.17, 15) is 13.6 Å². The van der Waals surface area contributed by atoms with Crippen LogP contribution in [0, 0.1) is 11.6 Å². The molecule has 0 aliphatic carbocycles. The minimum atomic E-state index is -0.984. The molecule has 0 unspecified atom stereocenters. The summed E-state index contributed by atoms with van der Waals surface area (Å²) in [5, 5.41) is 2.63. The van der Waals surface area contributed by atoms with Crippen LogP contribution in [-0.2, 0) is 17.8 Å². The van der Waals surface area contributed by atoms with Crippen molar-refractivity contribution in [1.29, 1.82) is 0 Å². The molecule has 0 aliphatic rings. The molecule has 20 heavy (non-hydrogen) atoms. The van der Waals surface area contributed by atoms with Crippen molar-refractivity contribution in [1.82, 2.24) is 5.32 Å². The largest absolute Gasteiger partial charge is 0.398 e. The Morgan fingerprint density at radius 1 is 1.05 bits per heavy atom. The van der Waals surface area contributed by atoms with Gasteiger partial charge in [-0.15, -0.1) is 0 Å². The number of hydrogen-bond acceptors (Lipinski definition) is 2. The van der Waals surface area contributed by atoms with E-state index in [1.165, 1.54) is 12.1 Å². The number of nitrogen functional groups attached to an aromatic ring is 1. The van der Waals surface area contributed by atoms with E-state index in [1.807, 2.05) is 6.07 Å². The fraction of sp³-hybridized carbons (Fsp3) is 0.133. The van der Waals surface area contributed by atoms with E-state index in [0.29, 0.717) is 5.69 Å². The van der Waals surface area contributed by atoms with E-state index in [2.05, 4.69) is 5.32 Å². The molecular formula is C15H14F2N2O. The maximum atomic E-state index is 13.4. The van der Waals surface area contributed by atoms with Gasteiger partial charge in [-0.3, -0.25) is 4.79 Å². The summed E-state index contributed by atoms with van der Waals surface area (Å²) in [5.74, 6) is -2.33. The highest BCUT2D eigenvalue weighted by Crippen LogP contribution is 2.13. The quantitative estimate of drug-likeness (QED) is 0.843. The lowest BCUT2D eigenvalue weighted by Gasteiger charge is -2.08. The highest BCUT2D eigenvalue weighted by molar-refractivity contribution is 5.78. The van der Waals surface area contributed by atoms with Crippen LogP contribution in [-0.4, -0.2) is 5.91 Å². The molecule has 3 N–H and O–H groups in total. The number of anilines is 1. The second-order valence-corrected chi connectivity index (χ2v) is 4.37. The normalized spacial score (nSPS) is 10.3. The van der Waals surface area contributed by atoms with Crippen LogP contribution in [0.1, 0.15) is 11.1 Å². The van der Waals surface area contributed by atoms with Gasteiger partial charge < -0.3 is 11.1 Å². The van der Waals surface area contributed by atoms with Gasteiger partial charge in [-0.1, -0.05) is 30.3 Å². The summed E-state index contributed by atoms with van der Waals surface area (Å²) < 4.78 is 26.4. The topological polar surface area (TPSA) is 55.1 Å². The van der Waals surface area contributed by atoms with Crippen molar-refractivity contribution < 1.29 is 13.6 Å². The number of nitrogens with two attached hydrogens (primary N) is 1. The molecule has 104 valence electrons. The summed E-state index contributed by atoms with van der Waals surface area (Å²) in [4.78, 5) is 11.7. The molecule has 0 aromatic heterocycles. The Morgan fingerprint density at radius 3 is 2.50 bits per heavy atom. The molecule has 0 aliphatic heterocycles. The van der Waals surface area contributed by atoms with Crippen LogP contribution in [0.3, 0.4) is 0 Å². The van der Waals surface area contributed by atoms with E-state index >= 15 is 0 Å². The van der Waals surface area contributed by atoms with Crippen molar-refractivity contribution in [3.05, 3.63) is 65.2 Å². The van der Waals surface area contributed by atoms with Crippen LogP contribution in [0.5, 0.6) is 0 Å². The first kappa shape index (κ1) is 14.0. The second-order valence-electron chi connectivity index (χ2n) is 4.37. The number of carbonyl (C=O) groups is 1. The van der Waals surface area contributed by atoms with Gasteiger partial charge in [-0.05, 0) is 17.7 Å². The fourth-order valence-electron chi connectivity index (χ4n) is 1.81. The first-order chi connectivity index (χ1) is 9.58. The first-order valence-corrected chi connectivity index (χ1v) is 6.11. The van der Waals surface area contributed by atoms with Crippen LogP contribution < -0.4 is 11.1 Å². The zero-order valence-corrected chi connectivity index (χ0v) is 10.7. The molecule has 0 saturated carbocycles. The number of amides is 1. The number of hydrogen-bond donors (Lipinski definition) is 2. The van der Waals surface area contributed by atoms with Crippen molar-refractivity contribution in [3.63, 3.8) is 0 Å². The van der Waals surface area contributed by atoms with Gasteiger partial charge >= 0.3 is 0 Å². The number of rotatable bonds is 4. The van der Waals surface area contributed by atoms with Crippen molar-refractivity contribution in [2.24, 2.45) is 0 Å². The average Bonchev–Trinajstić information content (AvgIpc) is 2.43. The van der Waals surface area contributed by atoms with Gasteiger partial charge in [0.1, 0.15) is 0 Å². The minimum Gasteiger partial charge on any atom is -0.398 e. The van der Waals surface area contributed by atoms with Gasteiger partial charge in [0, 0.05) is 17.8 Å². The lowest BCUT2D eigenvalue weighted by molar-refractivity contribution is -0.120. The standard InChI is InChI=1S/C15H14F2N2O/c16-12-6-3-5-10(15(12)17)8-14(20)19-9-11-4-1-2-7-13(11)18/h1-7H,8-9,18H2,(H,19,20). The van der Waals surface area contributed by atoms with E-state index in [4.69, 9.17) is 5.73 Å². The number of para-hydroxylation sites is 1. The van der Waals surface area contributed by atoms with E-state index in [1.54, 1.807) is 18.2 Å². The fourth-order valence-corrected chi connectivity index (χ4v) is 1.81. The molecule has 0 radical (unpaired) electrons. The molecule has 3 nitrogen and oxygen atoms in total. The van der Waals surface area contributed by atoms with Crippen LogP contribution in [0.25, 0.3) is 0 Å². The monoisotopic (exact) mass is 276 g/mol. The van der Waals surface area contributed by atoms with Crippen molar-refractivity contribution in [2.75, 3.05) is 5.73 Å². The Morgan fingerprint density at radius 2 is 1.75 bits per heavy atom. The van der Waals surface area contributed by atoms with Gasteiger partial charge in [-0.2, -0.15) is 0 Å². The molecule has 0 spiro atoms. The number of halogens is 2. The summed E-state index contributed by atoms with van der Waals surface area (Å²) in [5.41, 5.74) is 7.13. The molecule has 0 heterocycles. The minimum absolute atomic E-state index is 0.0310. The lowest BCUT2D eigenvalue weighted by Crippen LogP contribution is -2.25. The molecule has 0 atom stereocenters. The lowest BCUT2D eigenvalue weighted by atomic mass is 10.1. The summed E-state index contributed by atoms with van der Waals surface area (Å²) in [6, 6.07) is 10.9. The third kappa shape index (κ3) is 3.32. The summed E-state index contributed by atoms with van der Waals surface area (Å²) in [7, 11) is 0. The van der Waals surface area contributed by atoms with Crippen molar-refractivity contribution >= 4 is 11.6 Å². The molecule has 5 heteroatoms. The van der Waals surface area contributed by atoms with Gasteiger partial charge in [0.25, 0.3) is 0 Å². The summed E-state index contributed by atoms with van der Waals surface area (Å²) in [6.45, 7) is 0.252. The molecule has 2 rings (SSSR count). The van der Waals surface area contributed by atoms with Gasteiger partial charge in [0.2, 0.25) is 5.91 Å². The SMILES string of the molecule is Nc1ccccc1CNC(=O)Cc1cccc(F)c1F. The second kappa shape index (κ2) is 6.14. The maximum Gasteiger partial charge on any atom is 0.224 e. The molecular weight excluding hydrogens is 262 g/mol. The zero-order chi connectivity index (χ0) is 14.5. The number of carbonyl (C=O) groups excluding carboxylic acids is 1. The van der Waals surface area contributed by atoms with E-state index in [0.717, 1.165) is 11.6 Å². The summed E-state index contributed by atoms with van der Waals surface area (Å²) in [6.07, 6.45) is -0.212. The Balaban J connectivity index is 1.96. The number of benzene rings is 2. The Bertz CT molecular complexity index is 629. The van der Waals surface area contributed by atoms with Gasteiger partial charge in [0.15, 0.2) is 11.6 Å². The Labute approximate surface area is 115 Å². The molecule has 0 fully saturated rings. The zero-order valence-electron chi connectivity index (χ0n) is 10.7. The Kier molecular flexibility index (Phi) is 4.30. The predicted octanol–water partition coefficient (Wildman–Crippen LogP) is 2.41. The van der Waals surface area contributed by atoms with E-state index < -0.39 is 17.5 Å². The third-order valence-electron chi connectivity index (χ3n) is 2.91. The molecule has 2 aromatic carbocycles. The molecule has 0 bridgehead atoms. The van der Waals surface area contributed by atoms with Crippen LogP contribution in [0.2, 0.25) is 0 Å². The van der Waals surface area contributed by atoms with Crippen LogP contribution in [0.4, 0.5) is 14.5 Å². The average molecular weight is 276 g/mol. The smallest absolute Gasteiger partial charge is 0.224 e. The molecule has 0 saturated heterocycles. The van der Waals surface area contributed by atoms with Gasteiger partial charge in [-0.25, -0.2) is 8.78 Å². The summed E-state index contributed by atoms with van der Waals surface area (Å²) >= 11 is 0. The van der Waals surface area contributed by atoms with Crippen molar-refractivity contribution in [3.8, 4) is 0 Å². The third-order valence-corrected chi connectivity index (χ3v) is 2.91. The highest BCUT2D eigenvalue weighted by Gasteiger charge is 2.11. The first-order valence-electron chi connectivity index (χ1n) is 6.11. The van der Waals surface area contributed by atoms with Crippen molar-refractivity contribution in [2.45, 2.75) is 13.0 Å². The van der Waals surface area contributed by atoms with E-state index in [-0.39, 0.29) is 18.5 Å².